The van der Waals surface area contributed by atoms with Crippen LogP contribution in [0.5, 0.6) is 0 Å². The first-order valence-corrected chi connectivity index (χ1v) is 5.72. The minimum Gasteiger partial charge on any atom is -0.0837 e. The summed E-state index contributed by atoms with van der Waals surface area (Å²) in [6.45, 7) is 0. The number of hydrogen-bond acceptors (Lipinski definition) is 0. The molecule has 0 aliphatic carbocycles. The normalized spacial score (nSPS) is 9.94. The van der Waals surface area contributed by atoms with Gasteiger partial charge in [-0.2, -0.15) is 0 Å². The van der Waals surface area contributed by atoms with E-state index in [-0.39, 0.29) is 0 Å². The van der Waals surface area contributed by atoms with Gasteiger partial charge in [0, 0.05) is 10.6 Å². The van der Waals surface area contributed by atoms with Gasteiger partial charge in [-0.3, -0.25) is 0 Å². The Morgan fingerprint density at radius 3 is 2.35 bits per heavy atom. The van der Waals surface area contributed by atoms with Crippen LogP contribution in [0, 0.1) is 11.8 Å². The van der Waals surface area contributed by atoms with Crippen LogP contribution >= 0.6 is 11.6 Å². The number of rotatable bonds is 1. The van der Waals surface area contributed by atoms with Crippen molar-refractivity contribution in [3.8, 4) is 11.8 Å². The Balaban J connectivity index is 2.09. The fraction of sp³-hybridized carbons (Fsp3) is 0. The molecule has 0 saturated carbocycles. The first kappa shape index (κ1) is 11.5. The molecule has 82 valence electrons. The fourth-order valence-corrected chi connectivity index (χ4v) is 1.59. The van der Waals surface area contributed by atoms with Crippen LogP contribution in [0.4, 0.5) is 0 Å². The number of hydrogen-bond donors (Lipinski definition) is 0. The molecule has 0 nitrogen and oxygen atoms in total. The highest BCUT2D eigenvalue weighted by atomic mass is 35.5. The van der Waals surface area contributed by atoms with Gasteiger partial charge in [-0.1, -0.05) is 59.8 Å². The highest BCUT2D eigenvalue weighted by molar-refractivity contribution is 6.32. The van der Waals surface area contributed by atoms with Gasteiger partial charge < -0.3 is 0 Å². The lowest BCUT2D eigenvalue weighted by molar-refractivity contribution is 1.65. The lowest BCUT2D eigenvalue weighted by atomic mass is 10.2. The molecule has 2 aromatic carbocycles. The third kappa shape index (κ3) is 3.52. The first-order valence-electron chi connectivity index (χ1n) is 5.34. The molecule has 0 aromatic heterocycles. The van der Waals surface area contributed by atoms with E-state index < -0.39 is 0 Å². The van der Waals surface area contributed by atoms with Crippen LogP contribution in [-0.2, 0) is 0 Å². The molecule has 17 heavy (non-hydrogen) atoms. The molecular weight excluding hydrogens is 228 g/mol. The van der Waals surface area contributed by atoms with Gasteiger partial charge in [-0.15, -0.1) is 0 Å². The zero-order valence-corrected chi connectivity index (χ0v) is 9.98. The Hall–Kier alpha value is -1.97. The van der Waals surface area contributed by atoms with Gasteiger partial charge in [-0.25, -0.2) is 0 Å². The number of halogens is 1. The van der Waals surface area contributed by atoms with Gasteiger partial charge in [0.25, 0.3) is 0 Å². The molecule has 1 heteroatoms. The number of allylic oxidation sites excluding steroid dienone is 1. The van der Waals surface area contributed by atoms with Crippen LogP contribution < -0.4 is 0 Å². The SMILES string of the molecule is Clc1ccccc1/C=C/C#Cc1ccccc1. The second-order valence-corrected chi connectivity index (χ2v) is 3.90. The maximum atomic E-state index is 6.02. The van der Waals surface area contributed by atoms with E-state index in [0.29, 0.717) is 0 Å². The van der Waals surface area contributed by atoms with Crippen molar-refractivity contribution in [2.75, 3.05) is 0 Å². The van der Waals surface area contributed by atoms with Crippen molar-refractivity contribution < 1.29 is 0 Å². The van der Waals surface area contributed by atoms with E-state index in [2.05, 4.69) is 11.8 Å². The molecule has 0 spiro atoms. The summed E-state index contributed by atoms with van der Waals surface area (Å²) in [6, 6.07) is 17.6. The second kappa shape index (κ2) is 5.94. The third-order valence-electron chi connectivity index (χ3n) is 2.24. The first-order chi connectivity index (χ1) is 8.36. The van der Waals surface area contributed by atoms with E-state index in [9.17, 15) is 0 Å². The number of benzene rings is 2. The summed E-state index contributed by atoms with van der Waals surface area (Å²) in [5.41, 5.74) is 1.99. The Kier molecular flexibility index (Phi) is 4.02. The molecule has 2 rings (SSSR count). The van der Waals surface area contributed by atoms with E-state index in [1.165, 1.54) is 0 Å². The summed E-state index contributed by atoms with van der Waals surface area (Å²) in [6.07, 6.45) is 3.73. The molecule has 2 aromatic rings. The molecule has 0 aliphatic heterocycles. The molecule has 0 atom stereocenters. The molecule has 0 bridgehead atoms. The standard InChI is InChI=1S/C16H11Cl/c17-16-13-7-6-12-15(16)11-5-4-10-14-8-2-1-3-9-14/h1-3,5-9,11-13H/b11-5+. The predicted molar refractivity (Wildman–Crippen MR) is 73.8 cm³/mol. The molecule has 0 aliphatic rings. The van der Waals surface area contributed by atoms with Crippen molar-refractivity contribution in [3.63, 3.8) is 0 Å². The minimum atomic E-state index is 0.741. The quantitative estimate of drug-likeness (QED) is 0.646. The van der Waals surface area contributed by atoms with E-state index in [1.807, 2.05) is 66.7 Å². The van der Waals surface area contributed by atoms with Gasteiger partial charge in [-0.05, 0) is 35.9 Å². The smallest absolute Gasteiger partial charge is 0.0478 e. The van der Waals surface area contributed by atoms with Gasteiger partial charge >= 0.3 is 0 Å². The van der Waals surface area contributed by atoms with Crippen LogP contribution in [0.3, 0.4) is 0 Å². The molecular formula is C16H11Cl. The van der Waals surface area contributed by atoms with Gasteiger partial charge in [0.15, 0.2) is 0 Å². The summed E-state index contributed by atoms with van der Waals surface area (Å²) in [5.74, 6) is 6.04. The lowest BCUT2D eigenvalue weighted by Crippen LogP contribution is -1.72. The minimum absolute atomic E-state index is 0.741. The fourth-order valence-electron chi connectivity index (χ4n) is 1.39. The largest absolute Gasteiger partial charge is 0.0837 e. The maximum Gasteiger partial charge on any atom is 0.0478 e. The monoisotopic (exact) mass is 238 g/mol. The molecule has 0 radical (unpaired) electrons. The summed E-state index contributed by atoms with van der Waals surface area (Å²) in [4.78, 5) is 0. The van der Waals surface area contributed by atoms with Crippen molar-refractivity contribution in [2.24, 2.45) is 0 Å². The van der Waals surface area contributed by atoms with Crippen LogP contribution in [0.2, 0.25) is 5.02 Å². The van der Waals surface area contributed by atoms with Crippen molar-refractivity contribution >= 4 is 17.7 Å². The van der Waals surface area contributed by atoms with Crippen molar-refractivity contribution in [1.82, 2.24) is 0 Å². The second-order valence-electron chi connectivity index (χ2n) is 3.49. The summed E-state index contributed by atoms with van der Waals surface area (Å²) >= 11 is 6.02. The van der Waals surface area contributed by atoms with E-state index >= 15 is 0 Å². The van der Waals surface area contributed by atoms with Gasteiger partial charge in [0.2, 0.25) is 0 Å². The highest BCUT2D eigenvalue weighted by Gasteiger charge is 1.91. The summed E-state index contributed by atoms with van der Waals surface area (Å²) in [5, 5.41) is 0.741. The Morgan fingerprint density at radius 1 is 0.882 bits per heavy atom. The average molecular weight is 239 g/mol. The summed E-state index contributed by atoms with van der Waals surface area (Å²) < 4.78 is 0. The van der Waals surface area contributed by atoms with Crippen molar-refractivity contribution in [1.29, 1.82) is 0 Å². The third-order valence-corrected chi connectivity index (χ3v) is 2.59. The Morgan fingerprint density at radius 2 is 1.59 bits per heavy atom. The molecule has 0 heterocycles. The van der Waals surface area contributed by atoms with Crippen LogP contribution in [0.1, 0.15) is 11.1 Å². The van der Waals surface area contributed by atoms with Crippen molar-refractivity contribution in [2.45, 2.75) is 0 Å². The van der Waals surface area contributed by atoms with E-state index in [1.54, 1.807) is 0 Å². The molecule has 0 fully saturated rings. The molecule has 0 unspecified atom stereocenters. The zero-order valence-electron chi connectivity index (χ0n) is 9.23. The van der Waals surface area contributed by atoms with E-state index in [4.69, 9.17) is 11.6 Å². The highest BCUT2D eigenvalue weighted by Crippen LogP contribution is 2.15. The van der Waals surface area contributed by atoms with Crippen LogP contribution in [0.25, 0.3) is 6.08 Å². The van der Waals surface area contributed by atoms with Crippen LogP contribution in [0.15, 0.2) is 60.7 Å². The molecule has 0 saturated heterocycles. The zero-order chi connectivity index (χ0) is 11.9. The summed E-state index contributed by atoms with van der Waals surface area (Å²) in [7, 11) is 0. The van der Waals surface area contributed by atoms with Gasteiger partial charge in [0.05, 0.1) is 0 Å². The topological polar surface area (TPSA) is 0 Å². The van der Waals surface area contributed by atoms with Crippen molar-refractivity contribution in [3.05, 3.63) is 76.8 Å². The van der Waals surface area contributed by atoms with E-state index in [0.717, 1.165) is 16.1 Å². The lowest BCUT2D eigenvalue weighted by Gasteiger charge is -1.94. The van der Waals surface area contributed by atoms with Gasteiger partial charge in [0.1, 0.15) is 0 Å². The van der Waals surface area contributed by atoms with Crippen LogP contribution in [-0.4, -0.2) is 0 Å². The Bertz CT molecular complexity index is 571. The average Bonchev–Trinajstić information content (AvgIpc) is 2.38. The molecule has 0 N–H and O–H groups in total. The predicted octanol–water partition coefficient (Wildman–Crippen LogP) is 4.40. The Labute approximate surface area is 107 Å². The molecule has 0 amide bonds. The maximum absolute atomic E-state index is 6.02.